The van der Waals surface area contributed by atoms with Crippen LogP contribution in [0.1, 0.15) is 49.6 Å². The van der Waals surface area contributed by atoms with Crippen LogP contribution >= 0.6 is 11.3 Å². The SMILES string of the molecule is CCNC(=NCC(c1cccs1)N1CCC(C)CC1)NCCCc1cnn(C)c1. The second-order valence-electron chi connectivity index (χ2n) is 8.02. The lowest BCUT2D eigenvalue weighted by atomic mass is 9.97. The molecule has 29 heavy (non-hydrogen) atoms. The highest BCUT2D eigenvalue weighted by atomic mass is 32.1. The van der Waals surface area contributed by atoms with Crippen molar-refractivity contribution in [2.45, 2.75) is 45.6 Å². The minimum Gasteiger partial charge on any atom is -0.357 e. The summed E-state index contributed by atoms with van der Waals surface area (Å²) in [5, 5.41) is 13.3. The molecule has 1 atom stereocenters. The van der Waals surface area contributed by atoms with Gasteiger partial charge >= 0.3 is 0 Å². The Morgan fingerprint density at radius 3 is 2.83 bits per heavy atom. The minimum atomic E-state index is 0.383. The van der Waals surface area contributed by atoms with Crippen molar-refractivity contribution in [3.05, 3.63) is 40.3 Å². The number of likely N-dealkylation sites (tertiary alicyclic amines) is 1. The third-order valence-corrected chi connectivity index (χ3v) is 6.56. The third-order valence-electron chi connectivity index (χ3n) is 5.59. The predicted octanol–water partition coefficient (Wildman–Crippen LogP) is 3.44. The zero-order chi connectivity index (χ0) is 20.5. The molecule has 0 amide bonds. The van der Waals surface area contributed by atoms with Gasteiger partial charge in [-0.25, -0.2) is 0 Å². The van der Waals surface area contributed by atoms with Gasteiger partial charge in [-0.2, -0.15) is 5.10 Å². The summed E-state index contributed by atoms with van der Waals surface area (Å²) >= 11 is 1.85. The minimum absolute atomic E-state index is 0.383. The summed E-state index contributed by atoms with van der Waals surface area (Å²) in [4.78, 5) is 9.01. The van der Waals surface area contributed by atoms with E-state index in [0.717, 1.165) is 44.4 Å². The molecule has 0 aliphatic carbocycles. The van der Waals surface area contributed by atoms with Crippen molar-refractivity contribution in [1.29, 1.82) is 0 Å². The molecule has 0 bridgehead atoms. The molecule has 1 aliphatic heterocycles. The molecule has 3 heterocycles. The Balaban J connectivity index is 1.55. The molecule has 0 spiro atoms. The van der Waals surface area contributed by atoms with Crippen LogP contribution in [-0.4, -0.2) is 53.4 Å². The molecule has 2 aromatic heterocycles. The molecule has 6 nitrogen and oxygen atoms in total. The predicted molar refractivity (Wildman–Crippen MR) is 123 cm³/mol. The van der Waals surface area contributed by atoms with Crippen LogP contribution in [0.25, 0.3) is 0 Å². The number of guanidine groups is 1. The van der Waals surface area contributed by atoms with Crippen LogP contribution in [0.3, 0.4) is 0 Å². The Morgan fingerprint density at radius 2 is 2.17 bits per heavy atom. The van der Waals surface area contributed by atoms with Crippen LogP contribution < -0.4 is 10.6 Å². The van der Waals surface area contributed by atoms with E-state index >= 15 is 0 Å². The van der Waals surface area contributed by atoms with E-state index in [9.17, 15) is 0 Å². The van der Waals surface area contributed by atoms with Crippen molar-refractivity contribution >= 4 is 17.3 Å². The number of piperidine rings is 1. The molecule has 0 aromatic carbocycles. The molecular weight excluding hydrogens is 380 g/mol. The highest BCUT2D eigenvalue weighted by molar-refractivity contribution is 7.10. The normalized spacial score (nSPS) is 17.4. The quantitative estimate of drug-likeness (QED) is 0.373. The van der Waals surface area contributed by atoms with Crippen LogP contribution in [0.15, 0.2) is 34.9 Å². The Kier molecular flexibility index (Phi) is 8.55. The number of hydrogen-bond donors (Lipinski definition) is 2. The van der Waals surface area contributed by atoms with Gasteiger partial charge in [0, 0.05) is 31.2 Å². The summed E-state index contributed by atoms with van der Waals surface area (Å²) < 4.78 is 1.86. The topological polar surface area (TPSA) is 57.5 Å². The van der Waals surface area contributed by atoms with E-state index in [-0.39, 0.29) is 0 Å². The van der Waals surface area contributed by atoms with Crippen LogP contribution in [0.4, 0.5) is 0 Å². The van der Waals surface area contributed by atoms with Crippen molar-refractivity contribution in [3.63, 3.8) is 0 Å². The van der Waals surface area contributed by atoms with Gasteiger partial charge in [0.25, 0.3) is 0 Å². The first-order chi connectivity index (χ1) is 14.2. The van der Waals surface area contributed by atoms with E-state index < -0.39 is 0 Å². The number of thiophene rings is 1. The van der Waals surface area contributed by atoms with Crippen molar-refractivity contribution in [3.8, 4) is 0 Å². The number of rotatable bonds is 9. The first-order valence-corrected chi connectivity index (χ1v) is 11.8. The van der Waals surface area contributed by atoms with E-state index in [1.165, 1.54) is 36.4 Å². The van der Waals surface area contributed by atoms with Crippen molar-refractivity contribution < 1.29 is 0 Å². The summed E-state index contributed by atoms with van der Waals surface area (Å²) in [6.45, 7) is 9.42. The maximum atomic E-state index is 4.96. The molecular formula is C22H36N6S. The fraction of sp³-hybridized carbons (Fsp3) is 0.636. The number of hydrogen-bond acceptors (Lipinski definition) is 4. The Bertz CT molecular complexity index is 730. The monoisotopic (exact) mass is 416 g/mol. The smallest absolute Gasteiger partial charge is 0.191 e. The molecule has 160 valence electrons. The summed E-state index contributed by atoms with van der Waals surface area (Å²) in [6.07, 6.45) is 8.71. The fourth-order valence-corrected chi connectivity index (χ4v) is 4.68. The molecule has 1 unspecified atom stereocenters. The molecule has 7 heteroatoms. The second-order valence-corrected chi connectivity index (χ2v) is 9.00. The first kappa shape index (κ1) is 21.8. The van der Waals surface area contributed by atoms with E-state index in [0.29, 0.717) is 6.04 Å². The van der Waals surface area contributed by atoms with Gasteiger partial charge in [0.2, 0.25) is 0 Å². The maximum Gasteiger partial charge on any atom is 0.191 e. The molecule has 2 aromatic rings. The molecule has 0 radical (unpaired) electrons. The van der Waals surface area contributed by atoms with Crippen LogP contribution in [0.2, 0.25) is 0 Å². The van der Waals surface area contributed by atoms with Gasteiger partial charge in [-0.3, -0.25) is 14.6 Å². The summed E-state index contributed by atoms with van der Waals surface area (Å²) in [6, 6.07) is 4.80. The van der Waals surface area contributed by atoms with Gasteiger partial charge in [-0.05, 0) is 68.6 Å². The molecule has 1 aliphatic rings. The van der Waals surface area contributed by atoms with E-state index in [1.807, 2.05) is 29.3 Å². The summed E-state index contributed by atoms with van der Waals surface area (Å²) in [5.74, 6) is 1.77. The van der Waals surface area contributed by atoms with Gasteiger partial charge in [0.05, 0.1) is 18.8 Å². The van der Waals surface area contributed by atoms with Gasteiger partial charge in [0.15, 0.2) is 5.96 Å². The highest BCUT2D eigenvalue weighted by Crippen LogP contribution is 2.29. The number of aliphatic imine (C=N–C) groups is 1. The lowest BCUT2D eigenvalue weighted by Gasteiger charge is -2.35. The van der Waals surface area contributed by atoms with E-state index in [2.05, 4.69) is 58.2 Å². The summed E-state index contributed by atoms with van der Waals surface area (Å²) in [5.41, 5.74) is 1.29. The Morgan fingerprint density at radius 1 is 1.34 bits per heavy atom. The second kappa shape index (κ2) is 11.4. The van der Waals surface area contributed by atoms with Crippen molar-refractivity contribution in [1.82, 2.24) is 25.3 Å². The van der Waals surface area contributed by atoms with Crippen LogP contribution in [0, 0.1) is 5.92 Å². The third kappa shape index (κ3) is 6.85. The molecule has 1 saturated heterocycles. The lowest BCUT2D eigenvalue weighted by molar-refractivity contribution is 0.143. The molecule has 0 saturated carbocycles. The van der Waals surface area contributed by atoms with Crippen LogP contribution in [0.5, 0.6) is 0 Å². The van der Waals surface area contributed by atoms with E-state index in [4.69, 9.17) is 4.99 Å². The van der Waals surface area contributed by atoms with Crippen molar-refractivity contribution in [2.75, 3.05) is 32.7 Å². The number of aryl methyl sites for hydroxylation is 2. The maximum absolute atomic E-state index is 4.96. The van der Waals surface area contributed by atoms with Gasteiger partial charge in [0.1, 0.15) is 0 Å². The number of nitrogens with one attached hydrogen (secondary N) is 2. The van der Waals surface area contributed by atoms with Gasteiger partial charge in [-0.1, -0.05) is 13.0 Å². The van der Waals surface area contributed by atoms with Gasteiger partial charge in [-0.15, -0.1) is 11.3 Å². The van der Waals surface area contributed by atoms with E-state index in [1.54, 1.807) is 0 Å². The first-order valence-electron chi connectivity index (χ1n) is 10.9. The van der Waals surface area contributed by atoms with Gasteiger partial charge < -0.3 is 10.6 Å². The molecule has 2 N–H and O–H groups in total. The number of nitrogens with zero attached hydrogens (tertiary/aromatic N) is 4. The highest BCUT2D eigenvalue weighted by Gasteiger charge is 2.25. The zero-order valence-corrected chi connectivity index (χ0v) is 18.9. The lowest BCUT2D eigenvalue weighted by Crippen LogP contribution is -2.40. The summed E-state index contributed by atoms with van der Waals surface area (Å²) in [7, 11) is 1.96. The Hall–Kier alpha value is -1.86. The standard InChI is InChI=1S/C22H36N6S/c1-4-23-22(24-11-5-7-19-15-26-27(3)17-19)25-16-20(21-8-6-14-29-21)28-12-9-18(2)10-13-28/h6,8,14-15,17-18,20H,4-5,7,9-13,16H2,1-3H3,(H2,23,24,25). The molecule has 1 fully saturated rings. The van der Waals surface area contributed by atoms with Crippen LogP contribution in [-0.2, 0) is 13.5 Å². The average molecular weight is 417 g/mol. The fourth-order valence-electron chi connectivity index (χ4n) is 3.83. The average Bonchev–Trinajstić information content (AvgIpc) is 3.38. The zero-order valence-electron chi connectivity index (χ0n) is 18.1. The number of aromatic nitrogens is 2. The van der Waals surface area contributed by atoms with Crippen molar-refractivity contribution in [2.24, 2.45) is 18.0 Å². The Labute approximate surface area is 179 Å². The largest absolute Gasteiger partial charge is 0.357 e. The molecule has 3 rings (SSSR count).